The highest BCUT2D eigenvalue weighted by atomic mass is 15.4. The summed E-state index contributed by atoms with van der Waals surface area (Å²) < 4.78 is 0. The standard InChI is InChI=1S/C9H17N3/c1-7(2)8-3-4-10-9-11-5-6-12(8)9/h7-8H,3-6H2,1-2H3,(H,10,11). The minimum absolute atomic E-state index is 0.715. The van der Waals surface area contributed by atoms with Crippen molar-refractivity contribution in [3.63, 3.8) is 0 Å². The first-order valence-corrected chi connectivity index (χ1v) is 4.84. The molecular formula is C9H17N3. The Balaban J connectivity index is 2.13. The van der Waals surface area contributed by atoms with Gasteiger partial charge in [0.1, 0.15) is 0 Å². The number of aliphatic imine (C=N–C) groups is 1. The molecule has 3 nitrogen and oxygen atoms in total. The fourth-order valence-corrected chi connectivity index (χ4v) is 2.12. The minimum Gasteiger partial charge on any atom is -0.354 e. The molecule has 0 aliphatic carbocycles. The lowest BCUT2D eigenvalue weighted by Crippen LogP contribution is -2.45. The van der Waals surface area contributed by atoms with Gasteiger partial charge in [0, 0.05) is 25.7 Å². The Hall–Kier alpha value is -0.730. The maximum Gasteiger partial charge on any atom is 0.194 e. The van der Waals surface area contributed by atoms with Gasteiger partial charge in [-0.3, -0.25) is 4.99 Å². The first-order valence-electron chi connectivity index (χ1n) is 4.84. The van der Waals surface area contributed by atoms with Crippen LogP contribution in [0.15, 0.2) is 4.99 Å². The zero-order valence-electron chi connectivity index (χ0n) is 7.88. The van der Waals surface area contributed by atoms with Crippen molar-refractivity contribution in [2.75, 3.05) is 19.6 Å². The van der Waals surface area contributed by atoms with Crippen LogP contribution in [0.25, 0.3) is 0 Å². The van der Waals surface area contributed by atoms with Gasteiger partial charge in [-0.05, 0) is 12.3 Å². The molecule has 2 aliphatic rings. The molecule has 0 amide bonds. The van der Waals surface area contributed by atoms with Crippen LogP contribution in [0.1, 0.15) is 20.3 Å². The lowest BCUT2D eigenvalue weighted by Gasteiger charge is -2.34. The van der Waals surface area contributed by atoms with E-state index in [1.165, 1.54) is 6.42 Å². The van der Waals surface area contributed by atoms with Crippen LogP contribution in [0.4, 0.5) is 0 Å². The summed E-state index contributed by atoms with van der Waals surface area (Å²) in [4.78, 5) is 6.88. The van der Waals surface area contributed by atoms with Crippen molar-refractivity contribution in [1.29, 1.82) is 0 Å². The highest BCUT2D eigenvalue weighted by Gasteiger charge is 2.30. The largest absolute Gasteiger partial charge is 0.354 e. The number of fused-ring (bicyclic) bond motifs is 1. The Morgan fingerprint density at radius 1 is 1.58 bits per heavy atom. The van der Waals surface area contributed by atoms with Gasteiger partial charge < -0.3 is 10.2 Å². The Labute approximate surface area is 73.9 Å². The number of nitrogens with zero attached hydrogens (tertiary/aromatic N) is 2. The molecule has 2 heterocycles. The number of hydrogen-bond donors (Lipinski definition) is 1. The first kappa shape index (κ1) is 7.90. The van der Waals surface area contributed by atoms with Gasteiger partial charge in [0.05, 0.1) is 0 Å². The van der Waals surface area contributed by atoms with Gasteiger partial charge in [-0.15, -0.1) is 0 Å². The van der Waals surface area contributed by atoms with E-state index in [1.807, 2.05) is 0 Å². The van der Waals surface area contributed by atoms with Crippen LogP contribution in [-0.2, 0) is 0 Å². The quantitative estimate of drug-likeness (QED) is 0.622. The molecule has 1 saturated heterocycles. The molecule has 0 aromatic rings. The maximum absolute atomic E-state index is 4.46. The third-order valence-corrected chi connectivity index (χ3v) is 2.76. The molecule has 0 saturated carbocycles. The zero-order chi connectivity index (χ0) is 8.55. The van der Waals surface area contributed by atoms with E-state index in [0.29, 0.717) is 6.04 Å². The van der Waals surface area contributed by atoms with Gasteiger partial charge in [-0.1, -0.05) is 13.8 Å². The van der Waals surface area contributed by atoms with E-state index >= 15 is 0 Å². The molecule has 1 N–H and O–H groups in total. The van der Waals surface area contributed by atoms with E-state index in [2.05, 4.69) is 29.1 Å². The van der Waals surface area contributed by atoms with Gasteiger partial charge in [0.15, 0.2) is 5.96 Å². The third kappa shape index (κ3) is 1.17. The monoisotopic (exact) mass is 167 g/mol. The molecule has 0 radical (unpaired) electrons. The summed E-state index contributed by atoms with van der Waals surface area (Å²) in [7, 11) is 0. The summed E-state index contributed by atoms with van der Waals surface area (Å²) in [5.41, 5.74) is 0. The predicted octanol–water partition coefficient (Wildman–Crippen LogP) is 0.676. The van der Waals surface area contributed by atoms with E-state index < -0.39 is 0 Å². The molecule has 1 unspecified atom stereocenters. The van der Waals surface area contributed by atoms with Crippen LogP contribution in [0.2, 0.25) is 0 Å². The van der Waals surface area contributed by atoms with E-state index in [1.54, 1.807) is 0 Å². The third-order valence-electron chi connectivity index (χ3n) is 2.76. The van der Waals surface area contributed by atoms with Gasteiger partial charge in [-0.25, -0.2) is 0 Å². The Bertz CT molecular complexity index is 198. The topological polar surface area (TPSA) is 27.6 Å². The molecule has 3 heteroatoms. The van der Waals surface area contributed by atoms with Gasteiger partial charge in [0.2, 0.25) is 0 Å². The van der Waals surface area contributed by atoms with Crippen molar-refractivity contribution in [3.05, 3.63) is 0 Å². The summed E-state index contributed by atoms with van der Waals surface area (Å²) in [6.45, 7) is 7.81. The molecule has 0 aromatic heterocycles. The molecule has 0 aromatic carbocycles. The molecular weight excluding hydrogens is 150 g/mol. The van der Waals surface area contributed by atoms with Crippen LogP contribution in [-0.4, -0.2) is 36.5 Å². The normalized spacial score (nSPS) is 28.4. The van der Waals surface area contributed by atoms with Crippen LogP contribution in [0.3, 0.4) is 0 Å². The highest BCUT2D eigenvalue weighted by Crippen LogP contribution is 2.20. The molecule has 12 heavy (non-hydrogen) atoms. The number of nitrogens with one attached hydrogen (secondary N) is 1. The highest BCUT2D eigenvalue weighted by molar-refractivity contribution is 5.82. The molecule has 1 atom stereocenters. The lowest BCUT2D eigenvalue weighted by molar-refractivity contribution is 0.243. The summed E-state index contributed by atoms with van der Waals surface area (Å²) >= 11 is 0. The summed E-state index contributed by atoms with van der Waals surface area (Å²) in [6, 6.07) is 0.715. The second kappa shape index (κ2) is 2.96. The van der Waals surface area contributed by atoms with E-state index in [4.69, 9.17) is 0 Å². The SMILES string of the molecule is CC(C)C1CCN=C2NCCN21. The molecule has 1 fully saturated rings. The van der Waals surface area contributed by atoms with Crippen molar-refractivity contribution in [3.8, 4) is 0 Å². The predicted molar refractivity (Wildman–Crippen MR) is 50.3 cm³/mol. The Kier molecular flexibility index (Phi) is 1.95. The first-order chi connectivity index (χ1) is 5.79. The average molecular weight is 167 g/mol. The van der Waals surface area contributed by atoms with E-state index in [-0.39, 0.29) is 0 Å². The van der Waals surface area contributed by atoms with Crippen molar-refractivity contribution in [2.45, 2.75) is 26.3 Å². The fourth-order valence-electron chi connectivity index (χ4n) is 2.12. The fraction of sp³-hybridized carbons (Fsp3) is 0.889. The van der Waals surface area contributed by atoms with Gasteiger partial charge in [-0.2, -0.15) is 0 Å². The maximum atomic E-state index is 4.46. The smallest absolute Gasteiger partial charge is 0.194 e. The van der Waals surface area contributed by atoms with Crippen molar-refractivity contribution >= 4 is 5.96 Å². The van der Waals surface area contributed by atoms with Crippen molar-refractivity contribution in [2.24, 2.45) is 10.9 Å². The molecule has 68 valence electrons. The van der Waals surface area contributed by atoms with E-state index in [0.717, 1.165) is 31.5 Å². The molecule has 0 bridgehead atoms. The van der Waals surface area contributed by atoms with Crippen LogP contribution in [0, 0.1) is 5.92 Å². The Morgan fingerprint density at radius 2 is 2.42 bits per heavy atom. The average Bonchev–Trinajstić information content (AvgIpc) is 2.49. The molecule has 2 rings (SSSR count). The summed E-state index contributed by atoms with van der Waals surface area (Å²) in [5.74, 6) is 1.88. The summed E-state index contributed by atoms with van der Waals surface area (Å²) in [5, 5.41) is 3.32. The van der Waals surface area contributed by atoms with E-state index in [9.17, 15) is 0 Å². The van der Waals surface area contributed by atoms with Crippen LogP contribution >= 0.6 is 0 Å². The number of guanidine groups is 1. The lowest BCUT2D eigenvalue weighted by atomic mass is 9.98. The van der Waals surface area contributed by atoms with Crippen molar-refractivity contribution in [1.82, 2.24) is 10.2 Å². The second-order valence-electron chi connectivity index (χ2n) is 3.93. The zero-order valence-corrected chi connectivity index (χ0v) is 7.88. The summed E-state index contributed by atoms with van der Waals surface area (Å²) in [6.07, 6.45) is 1.23. The van der Waals surface area contributed by atoms with Gasteiger partial charge >= 0.3 is 0 Å². The molecule has 2 aliphatic heterocycles. The number of rotatable bonds is 1. The van der Waals surface area contributed by atoms with Crippen LogP contribution < -0.4 is 5.32 Å². The Morgan fingerprint density at radius 3 is 3.17 bits per heavy atom. The second-order valence-corrected chi connectivity index (χ2v) is 3.93. The molecule has 0 spiro atoms. The van der Waals surface area contributed by atoms with Gasteiger partial charge in [0.25, 0.3) is 0 Å². The van der Waals surface area contributed by atoms with Crippen LogP contribution in [0.5, 0.6) is 0 Å². The number of hydrogen-bond acceptors (Lipinski definition) is 3. The van der Waals surface area contributed by atoms with Crippen molar-refractivity contribution < 1.29 is 0 Å². The minimum atomic E-state index is 0.715.